The Balaban J connectivity index is 2.13. The van der Waals surface area contributed by atoms with Gasteiger partial charge in [-0.2, -0.15) is 10.5 Å². The highest BCUT2D eigenvalue weighted by Gasteiger charge is 2.12. The van der Waals surface area contributed by atoms with Crippen molar-refractivity contribution in [2.75, 3.05) is 5.73 Å². The number of nitriles is 2. The first-order valence-corrected chi connectivity index (χ1v) is 6.77. The van der Waals surface area contributed by atoms with Crippen LogP contribution < -0.4 is 5.73 Å². The third-order valence-corrected chi connectivity index (χ3v) is 3.72. The minimum atomic E-state index is 0.376. The molecule has 0 saturated carbocycles. The molecule has 5 nitrogen and oxygen atoms in total. The molecule has 22 heavy (non-hydrogen) atoms. The lowest BCUT2D eigenvalue weighted by Crippen LogP contribution is -1.98. The van der Waals surface area contributed by atoms with Crippen molar-refractivity contribution in [3.8, 4) is 12.1 Å². The average Bonchev–Trinajstić information content (AvgIpc) is 2.82. The van der Waals surface area contributed by atoms with Crippen LogP contribution in [0.1, 0.15) is 22.3 Å². The number of fused-ring (bicyclic) bond motifs is 1. The molecule has 0 aliphatic rings. The molecule has 0 saturated heterocycles. The van der Waals surface area contributed by atoms with Gasteiger partial charge in [0.2, 0.25) is 5.95 Å². The minimum Gasteiger partial charge on any atom is -0.369 e. The normalized spacial score (nSPS) is 10.3. The number of benzene rings is 2. The van der Waals surface area contributed by atoms with Gasteiger partial charge in [0.05, 0.1) is 28.2 Å². The molecular weight excluding hydrogens is 274 g/mol. The molecule has 106 valence electrons. The quantitative estimate of drug-likeness (QED) is 0.783. The van der Waals surface area contributed by atoms with E-state index in [1.807, 2.05) is 30.3 Å². The summed E-state index contributed by atoms with van der Waals surface area (Å²) in [5.74, 6) is 0.376. The Morgan fingerprint density at radius 1 is 1.14 bits per heavy atom. The fourth-order valence-corrected chi connectivity index (χ4v) is 2.62. The maximum atomic E-state index is 9.38. The third kappa shape index (κ3) is 2.15. The Kier molecular flexibility index (Phi) is 3.25. The summed E-state index contributed by atoms with van der Waals surface area (Å²) in [4.78, 5) is 4.29. The lowest BCUT2D eigenvalue weighted by atomic mass is 9.98. The van der Waals surface area contributed by atoms with Gasteiger partial charge >= 0.3 is 0 Å². The number of rotatable bonds is 2. The van der Waals surface area contributed by atoms with Gasteiger partial charge in [0, 0.05) is 7.05 Å². The Morgan fingerprint density at radius 2 is 1.86 bits per heavy atom. The van der Waals surface area contributed by atoms with E-state index < -0.39 is 0 Å². The molecule has 2 N–H and O–H groups in total. The van der Waals surface area contributed by atoms with Crippen LogP contribution in [0.4, 0.5) is 5.95 Å². The maximum Gasteiger partial charge on any atom is 0.200 e. The molecule has 0 radical (unpaired) electrons. The van der Waals surface area contributed by atoms with Crippen molar-refractivity contribution >= 4 is 17.0 Å². The average molecular weight is 287 g/mol. The number of aryl methyl sites for hydroxylation is 1. The van der Waals surface area contributed by atoms with Gasteiger partial charge in [0.1, 0.15) is 6.07 Å². The highest BCUT2D eigenvalue weighted by atomic mass is 15.1. The number of hydrogen-bond donors (Lipinski definition) is 1. The molecule has 0 fully saturated rings. The van der Waals surface area contributed by atoms with E-state index in [-0.39, 0.29) is 0 Å². The summed E-state index contributed by atoms with van der Waals surface area (Å²) in [7, 11) is 1.79. The second kappa shape index (κ2) is 5.23. The number of nitrogen functional groups attached to an aromatic ring is 1. The van der Waals surface area contributed by atoms with E-state index in [1.54, 1.807) is 17.7 Å². The number of hydrogen-bond acceptors (Lipinski definition) is 4. The highest BCUT2D eigenvalue weighted by molar-refractivity contribution is 5.85. The van der Waals surface area contributed by atoms with Crippen molar-refractivity contribution in [1.82, 2.24) is 9.55 Å². The molecule has 0 unspecified atom stereocenters. The van der Waals surface area contributed by atoms with Crippen LogP contribution in [0.2, 0.25) is 0 Å². The van der Waals surface area contributed by atoms with Gasteiger partial charge in [0.25, 0.3) is 0 Å². The molecule has 1 aromatic heterocycles. The predicted octanol–water partition coefficient (Wildman–Crippen LogP) is 2.49. The number of nitrogens with zero attached hydrogens (tertiary/aromatic N) is 4. The molecule has 0 amide bonds. The van der Waals surface area contributed by atoms with E-state index in [2.05, 4.69) is 17.1 Å². The van der Waals surface area contributed by atoms with Crippen LogP contribution in [0.15, 0.2) is 36.4 Å². The van der Waals surface area contributed by atoms with E-state index in [4.69, 9.17) is 5.73 Å². The summed E-state index contributed by atoms with van der Waals surface area (Å²) in [6.07, 6.45) is 0.574. The summed E-state index contributed by atoms with van der Waals surface area (Å²) < 4.78 is 1.71. The fraction of sp³-hybridized carbons (Fsp3) is 0.118. The van der Waals surface area contributed by atoms with Crippen LogP contribution in [0.3, 0.4) is 0 Å². The monoisotopic (exact) mass is 287 g/mol. The fourth-order valence-electron chi connectivity index (χ4n) is 2.62. The van der Waals surface area contributed by atoms with Crippen LogP contribution in [0, 0.1) is 22.7 Å². The summed E-state index contributed by atoms with van der Waals surface area (Å²) in [5, 5.41) is 18.6. The molecule has 0 aliphatic heterocycles. The van der Waals surface area contributed by atoms with Crippen molar-refractivity contribution < 1.29 is 0 Å². The van der Waals surface area contributed by atoms with E-state index >= 15 is 0 Å². The van der Waals surface area contributed by atoms with Crippen LogP contribution in [-0.2, 0) is 13.5 Å². The molecule has 0 atom stereocenters. The van der Waals surface area contributed by atoms with Crippen LogP contribution in [0.25, 0.3) is 11.0 Å². The van der Waals surface area contributed by atoms with Crippen molar-refractivity contribution in [3.05, 3.63) is 58.7 Å². The Bertz CT molecular complexity index is 954. The standard InChI is InChI=1S/C17H13N5/c1-22-16-14(10-19)7-11(8-15(16)21-17(22)20)6-12-4-2-3-5-13(12)9-18/h2-5,7-8H,6H2,1H3,(H2,20,21). The van der Waals surface area contributed by atoms with Gasteiger partial charge in [0.15, 0.2) is 0 Å². The maximum absolute atomic E-state index is 9.38. The van der Waals surface area contributed by atoms with Crippen molar-refractivity contribution in [3.63, 3.8) is 0 Å². The van der Waals surface area contributed by atoms with Gasteiger partial charge < -0.3 is 10.3 Å². The van der Waals surface area contributed by atoms with Crippen molar-refractivity contribution in [2.24, 2.45) is 7.05 Å². The molecular formula is C17H13N5. The third-order valence-electron chi connectivity index (χ3n) is 3.72. The summed E-state index contributed by atoms with van der Waals surface area (Å²) in [6, 6.07) is 15.6. The Hall–Kier alpha value is -3.31. The molecule has 1 heterocycles. The van der Waals surface area contributed by atoms with E-state index in [0.717, 1.165) is 16.6 Å². The number of anilines is 1. The Labute approximate surface area is 127 Å². The van der Waals surface area contributed by atoms with Crippen LogP contribution in [-0.4, -0.2) is 9.55 Å². The largest absolute Gasteiger partial charge is 0.369 e. The lowest BCUT2D eigenvalue weighted by molar-refractivity contribution is 0.963. The predicted molar refractivity (Wildman–Crippen MR) is 83.8 cm³/mol. The smallest absolute Gasteiger partial charge is 0.200 e. The Morgan fingerprint density at radius 3 is 2.59 bits per heavy atom. The van der Waals surface area contributed by atoms with Gasteiger partial charge in [-0.3, -0.25) is 0 Å². The zero-order valence-electron chi connectivity index (χ0n) is 12.0. The summed E-state index contributed by atoms with van der Waals surface area (Å²) in [5.41, 5.74) is 10.3. The number of nitrogens with two attached hydrogens (primary N) is 1. The summed E-state index contributed by atoms with van der Waals surface area (Å²) >= 11 is 0. The summed E-state index contributed by atoms with van der Waals surface area (Å²) in [6.45, 7) is 0. The topological polar surface area (TPSA) is 91.4 Å². The molecule has 3 rings (SSSR count). The lowest BCUT2D eigenvalue weighted by Gasteiger charge is -2.06. The minimum absolute atomic E-state index is 0.376. The zero-order valence-corrected chi connectivity index (χ0v) is 12.0. The molecule has 5 heteroatoms. The zero-order chi connectivity index (χ0) is 15.7. The molecule has 0 aliphatic carbocycles. The molecule has 0 bridgehead atoms. The van der Waals surface area contributed by atoms with E-state index in [0.29, 0.717) is 29.0 Å². The first kappa shape index (κ1) is 13.7. The van der Waals surface area contributed by atoms with E-state index in [1.165, 1.54) is 0 Å². The molecule has 2 aromatic carbocycles. The van der Waals surface area contributed by atoms with Gasteiger partial charge in [-0.15, -0.1) is 0 Å². The van der Waals surface area contributed by atoms with Crippen molar-refractivity contribution in [1.29, 1.82) is 10.5 Å². The molecule has 0 spiro atoms. The van der Waals surface area contributed by atoms with E-state index in [9.17, 15) is 10.5 Å². The van der Waals surface area contributed by atoms with Gasteiger partial charge in [-0.05, 0) is 35.7 Å². The SMILES string of the molecule is Cn1c(N)nc2cc(Cc3ccccc3C#N)cc(C#N)c21. The second-order valence-corrected chi connectivity index (χ2v) is 5.10. The highest BCUT2D eigenvalue weighted by Crippen LogP contribution is 2.24. The second-order valence-electron chi connectivity index (χ2n) is 5.10. The number of imidazole rings is 1. The van der Waals surface area contributed by atoms with Gasteiger partial charge in [-0.25, -0.2) is 4.98 Å². The first-order valence-electron chi connectivity index (χ1n) is 6.77. The molecule has 3 aromatic rings. The number of aromatic nitrogens is 2. The van der Waals surface area contributed by atoms with Gasteiger partial charge in [-0.1, -0.05) is 18.2 Å². The van der Waals surface area contributed by atoms with Crippen LogP contribution >= 0.6 is 0 Å². The first-order chi connectivity index (χ1) is 10.6. The van der Waals surface area contributed by atoms with Crippen LogP contribution in [0.5, 0.6) is 0 Å². The van der Waals surface area contributed by atoms with Crippen molar-refractivity contribution in [2.45, 2.75) is 6.42 Å².